The van der Waals surface area contributed by atoms with Gasteiger partial charge < -0.3 is 10.2 Å². The fourth-order valence-electron chi connectivity index (χ4n) is 3.47. The third-order valence-corrected chi connectivity index (χ3v) is 4.60. The SMILES string of the molecule is CCN(c1ccc(C)cc1CNC(C)C)C1CCCCC1. The number of nitrogens with zero attached hydrogens (tertiary/aromatic N) is 1. The molecule has 21 heavy (non-hydrogen) atoms. The zero-order valence-corrected chi connectivity index (χ0v) is 14.3. The van der Waals surface area contributed by atoms with Crippen LogP contribution in [0.4, 0.5) is 5.69 Å². The summed E-state index contributed by atoms with van der Waals surface area (Å²) in [6.07, 6.45) is 6.93. The van der Waals surface area contributed by atoms with Crippen molar-refractivity contribution in [3.8, 4) is 0 Å². The largest absolute Gasteiger partial charge is 0.369 e. The van der Waals surface area contributed by atoms with E-state index in [1.807, 2.05) is 0 Å². The zero-order chi connectivity index (χ0) is 15.2. The predicted octanol–water partition coefficient (Wildman–Crippen LogP) is 4.65. The Labute approximate surface area is 130 Å². The van der Waals surface area contributed by atoms with E-state index in [9.17, 15) is 0 Å². The standard InChI is InChI=1S/C19H32N2/c1-5-21(18-9-7-6-8-10-18)19-12-11-16(4)13-17(19)14-20-15(2)3/h11-13,15,18,20H,5-10,14H2,1-4H3. The highest BCUT2D eigenvalue weighted by atomic mass is 15.2. The molecule has 1 saturated carbocycles. The molecular formula is C19H32N2. The van der Waals surface area contributed by atoms with Crippen molar-refractivity contribution in [1.82, 2.24) is 5.32 Å². The first-order chi connectivity index (χ1) is 10.1. The molecule has 0 heterocycles. The molecule has 2 rings (SSSR count). The number of nitrogens with one attached hydrogen (secondary N) is 1. The van der Waals surface area contributed by atoms with E-state index >= 15 is 0 Å². The van der Waals surface area contributed by atoms with Crippen LogP contribution in [0.1, 0.15) is 64.0 Å². The molecule has 1 aromatic carbocycles. The van der Waals surface area contributed by atoms with E-state index in [2.05, 4.69) is 56.1 Å². The second-order valence-corrected chi connectivity index (χ2v) is 6.75. The Morgan fingerprint density at radius 3 is 2.52 bits per heavy atom. The second kappa shape index (κ2) is 7.84. The molecule has 0 saturated heterocycles. The Bertz CT molecular complexity index is 433. The minimum atomic E-state index is 0.531. The number of hydrogen-bond acceptors (Lipinski definition) is 2. The molecule has 0 amide bonds. The Balaban J connectivity index is 2.22. The van der Waals surface area contributed by atoms with Gasteiger partial charge in [-0.1, -0.05) is 50.8 Å². The van der Waals surface area contributed by atoms with Crippen molar-refractivity contribution in [1.29, 1.82) is 0 Å². The zero-order valence-electron chi connectivity index (χ0n) is 14.3. The van der Waals surface area contributed by atoms with Crippen LogP contribution in [0.3, 0.4) is 0 Å². The third-order valence-electron chi connectivity index (χ3n) is 4.60. The molecule has 0 spiro atoms. The van der Waals surface area contributed by atoms with Crippen molar-refractivity contribution >= 4 is 5.69 Å². The van der Waals surface area contributed by atoms with Gasteiger partial charge in [0, 0.05) is 30.9 Å². The monoisotopic (exact) mass is 288 g/mol. The second-order valence-electron chi connectivity index (χ2n) is 6.75. The normalized spacial score (nSPS) is 16.4. The molecule has 0 unspecified atom stereocenters. The Morgan fingerprint density at radius 1 is 1.19 bits per heavy atom. The van der Waals surface area contributed by atoms with Crippen molar-refractivity contribution in [2.24, 2.45) is 0 Å². The van der Waals surface area contributed by atoms with Crippen LogP contribution < -0.4 is 10.2 Å². The molecule has 1 aliphatic rings. The first-order valence-electron chi connectivity index (χ1n) is 8.71. The highest BCUT2D eigenvalue weighted by Gasteiger charge is 2.22. The maximum Gasteiger partial charge on any atom is 0.0414 e. The molecule has 0 atom stereocenters. The Hall–Kier alpha value is -1.02. The summed E-state index contributed by atoms with van der Waals surface area (Å²) >= 11 is 0. The highest BCUT2D eigenvalue weighted by molar-refractivity contribution is 5.56. The van der Waals surface area contributed by atoms with Crippen LogP contribution in [-0.4, -0.2) is 18.6 Å². The van der Waals surface area contributed by atoms with Gasteiger partial charge in [-0.3, -0.25) is 0 Å². The summed E-state index contributed by atoms with van der Waals surface area (Å²) in [5, 5.41) is 3.58. The van der Waals surface area contributed by atoms with E-state index < -0.39 is 0 Å². The van der Waals surface area contributed by atoms with Crippen LogP contribution in [0.5, 0.6) is 0 Å². The Morgan fingerprint density at radius 2 is 1.90 bits per heavy atom. The lowest BCUT2D eigenvalue weighted by Gasteiger charge is -2.37. The van der Waals surface area contributed by atoms with Crippen LogP contribution >= 0.6 is 0 Å². The van der Waals surface area contributed by atoms with Crippen molar-refractivity contribution in [2.75, 3.05) is 11.4 Å². The minimum absolute atomic E-state index is 0.531. The minimum Gasteiger partial charge on any atom is -0.369 e. The maximum absolute atomic E-state index is 3.58. The summed E-state index contributed by atoms with van der Waals surface area (Å²) in [6, 6.07) is 8.23. The molecule has 0 bridgehead atoms. The molecule has 1 N–H and O–H groups in total. The number of rotatable bonds is 6. The first kappa shape index (κ1) is 16.4. The van der Waals surface area contributed by atoms with E-state index in [1.165, 1.54) is 48.9 Å². The molecule has 2 heteroatoms. The Kier molecular flexibility index (Phi) is 6.10. The van der Waals surface area contributed by atoms with Gasteiger partial charge in [-0.2, -0.15) is 0 Å². The molecule has 2 nitrogen and oxygen atoms in total. The maximum atomic E-state index is 3.58. The topological polar surface area (TPSA) is 15.3 Å². The van der Waals surface area contributed by atoms with E-state index in [4.69, 9.17) is 0 Å². The van der Waals surface area contributed by atoms with Gasteiger partial charge in [-0.15, -0.1) is 0 Å². The summed E-state index contributed by atoms with van der Waals surface area (Å²) in [6.45, 7) is 11.0. The third kappa shape index (κ3) is 4.47. The van der Waals surface area contributed by atoms with Crippen molar-refractivity contribution in [2.45, 2.75) is 78.4 Å². The van der Waals surface area contributed by atoms with Crippen LogP contribution in [-0.2, 0) is 6.54 Å². The summed E-state index contributed by atoms with van der Waals surface area (Å²) < 4.78 is 0. The summed E-state index contributed by atoms with van der Waals surface area (Å²) in [5.41, 5.74) is 4.26. The molecular weight excluding hydrogens is 256 g/mol. The molecule has 0 aromatic heterocycles. The fourth-order valence-corrected chi connectivity index (χ4v) is 3.47. The van der Waals surface area contributed by atoms with Crippen LogP contribution in [0.2, 0.25) is 0 Å². The van der Waals surface area contributed by atoms with Crippen LogP contribution in [0, 0.1) is 6.92 Å². The van der Waals surface area contributed by atoms with Gasteiger partial charge in [0.15, 0.2) is 0 Å². The van der Waals surface area contributed by atoms with Gasteiger partial charge in [0.25, 0.3) is 0 Å². The summed E-state index contributed by atoms with van der Waals surface area (Å²) in [5.74, 6) is 0. The van der Waals surface area contributed by atoms with Crippen LogP contribution in [0.25, 0.3) is 0 Å². The highest BCUT2D eigenvalue weighted by Crippen LogP contribution is 2.30. The quantitative estimate of drug-likeness (QED) is 0.819. The van der Waals surface area contributed by atoms with E-state index in [1.54, 1.807) is 0 Å². The van der Waals surface area contributed by atoms with Gasteiger partial charge >= 0.3 is 0 Å². The van der Waals surface area contributed by atoms with Crippen molar-refractivity contribution in [3.63, 3.8) is 0 Å². The van der Waals surface area contributed by atoms with Gasteiger partial charge in [0.05, 0.1) is 0 Å². The molecule has 1 fully saturated rings. The van der Waals surface area contributed by atoms with Crippen LogP contribution in [0.15, 0.2) is 18.2 Å². The lowest BCUT2D eigenvalue weighted by molar-refractivity contribution is 0.417. The van der Waals surface area contributed by atoms with Gasteiger partial charge in [-0.25, -0.2) is 0 Å². The summed E-state index contributed by atoms with van der Waals surface area (Å²) in [7, 11) is 0. The lowest BCUT2D eigenvalue weighted by Crippen LogP contribution is -2.37. The molecule has 1 aromatic rings. The predicted molar refractivity (Wildman–Crippen MR) is 93.0 cm³/mol. The number of anilines is 1. The molecule has 0 radical (unpaired) electrons. The average Bonchev–Trinajstić information content (AvgIpc) is 2.48. The lowest BCUT2D eigenvalue weighted by atomic mass is 9.93. The van der Waals surface area contributed by atoms with Crippen molar-refractivity contribution < 1.29 is 0 Å². The summed E-state index contributed by atoms with van der Waals surface area (Å²) in [4.78, 5) is 2.65. The molecule has 118 valence electrons. The average molecular weight is 288 g/mol. The molecule has 1 aliphatic carbocycles. The number of hydrogen-bond donors (Lipinski definition) is 1. The smallest absolute Gasteiger partial charge is 0.0414 e. The fraction of sp³-hybridized carbons (Fsp3) is 0.684. The van der Waals surface area contributed by atoms with E-state index in [-0.39, 0.29) is 0 Å². The van der Waals surface area contributed by atoms with Gasteiger partial charge in [0.1, 0.15) is 0 Å². The first-order valence-corrected chi connectivity index (χ1v) is 8.71. The number of aryl methyl sites for hydroxylation is 1. The van der Waals surface area contributed by atoms with E-state index in [0.717, 1.165) is 19.1 Å². The number of benzene rings is 1. The molecule has 0 aliphatic heterocycles. The van der Waals surface area contributed by atoms with E-state index in [0.29, 0.717) is 6.04 Å². The van der Waals surface area contributed by atoms with Gasteiger partial charge in [0.2, 0.25) is 0 Å². The van der Waals surface area contributed by atoms with Crippen molar-refractivity contribution in [3.05, 3.63) is 29.3 Å². The van der Waals surface area contributed by atoms with Gasteiger partial charge in [-0.05, 0) is 38.3 Å².